The quantitative estimate of drug-likeness (QED) is 0.614. The predicted octanol–water partition coefficient (Wildman–Crippen LogP) is 4.91. The van der Waals surface area contributed by atoms with Crippen molar-refractivity contribution in [2.75, 3.05) is 11.4 Å². The number of hydrogen-bond donors (Lipinski definition) is 0. The number of rotatable bonds is 6. The number of carbonyl (C=O) groups excluding carboxylic acids is 1. The fourth-order valence-corrected chi connectivity index (χ4v) is 3.68. The summed E-state index contributed by atoms with van der Waals surface area (Å²) in [6, 6.07) is 16.3. The first-order chi connectivity index (χ1) is 13.7. The molecule has 4 rings (SSSR count). The molecule has 0 radical (unpaired) electrons. The first-order valence-corrected chi connectivity index (χ1v) is 9.94. The van der Waals surface area contributed by atoms with Crippen LogP contribution < -0.4 is 4.90 Å². The first-order valence-electron chi connectivity index (χ1n) is 9.94. The molecule has 0 saturated carbocycles. The number of aromatic nitrogens is 2. The van der Waals surface area contributed by atoms with Gasteiger partial charge in [-0.15, -0.1) is 0 Å². The van der Waals surface area contributed by atoms with Crippen molar-refractivity contribution in [1.82, 2.24) is 10.1 Å². The molecule has 5 heteroatoms. The minimum absolute atomic E-state index is 0.0474. The number of benzene rings is 2. The van der Waals surface area contributed by atoms with Crippen molar-refractivity contribution in [3.8, 4) is 11.5 Å². The molecule has 2 aromatic carbocycles. The fourth-order valence-electron chi connectivity index (χ4n) is 3.68. The van der Waals surface area contributed by atoms with Crippen LogP contribution in [0.4, 0.5) is 5.69 Å². The smallest absolute Gasteiger partial charge is 0.258 e. The number of nitrogens with zero attached hydrogens (tertiary/aromatic N) is 3. The van der Waals surface area contributed by atoms with Crippen LogP contribution in [-0.2, 0) is 11.2 Å². The van der Waals surface area contributed by atoms with Crippen molar-refractivity contribution < 1.29 is 9.32 Å². The lowest BCUT2D eigenvalue weighted by molar-refractivity contribution is -0.117. The second-order valence-corrected chi connectivity index (χ2v) is 7.45. The topological polar surface area (TPSA) is 59.2 Å². The largest absolute Gasteiger partial charge is 0.334 e. The lowest BCUT2D eigenvalue weighted by Gasteiger charge is -2.16. The second kappa shape index (κ2) is 7.97. The molecule has 28 heavy (non-hydrogen) atoms. The number of hydrogen-bond acceptors (Lipinski definition) is 4. The third-order valence-electron chi connectivity index (χ3n) is 5.37. The molecule has 0 spiro atoms. The van der Waals surface area contributed by atoms with Crippen molar-refractivity contribution in [1.29, 1.82) is 0 Å². The van der Waals surface area contributed by atoms with Gasteiger partial charge in [-0.3, -0.25) is 4.79 Å². The van der Waals surface area contributed by atoms with E-state index >= 15 is 0 Å². The molecule has 1 amide bonds. The Balaban J connectivity index is 1.49. The molecule has 2 heterocycles. The predicted molar refractivity (Wildman–Crippen MR) is 109 cm³/mol. The molecule has 1 saturated heterocycles. The number of amides is 1. The molecule has 1 atom stereocenters. The number of aryl methyl sites for hydroxylation is 2. The Morgan fingerprint density at radius 2 is 1.93 bits per heavy atom. The zero-order chi connectivity index (χ0) is 19.5. The highest BCUT2D eigenvalue weighted by Gasteiger charge is 2.34. The monoisotopic (exact) mass is 375 g/mol. The Morgan fingerprint density at radius 3 is 2.68 bits per heavy atom. The number of anilines is 1. The van der Waals surface area contributed by atoms with E-state index in [1.54, 1.807) is 0 Å². The van der Waals surface area contributed by atoms with E-state index in [0.29, 0.717) is 24.7 Å². The fraction of sp³-hybridized carbons (Fsp3) is 0.348. The summed E-state index contributed by atoms with van der Waals surface area (Å²) in [4.78, 5) is 19.0. The van der Waals surface area contributed by atoms with Gasteiger partial charge < -0.3 is 9.42 Å². The lowest BCUT2D eigenvalue weighted by Crippen LogP contribution is -2.24. The second-order valence-electron chi connectivity index (χ2n) is 7.45. The van der Waals surface area contributed by atoms with Crippen LogP contribution in [0.5, 0.6) is 0 Å². The molecule has 0 bridgehead atoms. The molecule has 144 valence electrons. The zero-order valence-electron chi connectivity index (χ0n) is 16.4. The lowest BCUT2D eigenvalue weighted by atomic mass is 10.1. The summed E-state index contributed by atoms with van der Waals surface area (Å²) in [6.07, 6.45) is 3.86. The molecule has 3 aromatic rings. The standard InChI is InChI=1S/C23H25N3O2/c1-3-4-8-17-10-12-19(13-11-17)26-15-18(14-21(26)27)22-24-23(28-25-22)20-9-6-5-7-16(20)2/h5-7,9-13,18H,3-4,8,14-15H2,1-2H3. The minimum atomic E-state index is -0.0474. The van der Waals surface area contributed by atoms with Crippen LogP contribution in [0, 0.1) is 6.92 Å². The van der Waals surface area contributed by atoms with Crippen LogP contribution in [0.25, 0.3) is 11.5 Å². The van der Waals surface area contributed by atoms with E-state index in [2.05, 4.69) is 29.2 Å². The Morgan fingerprint density at radius 1 is 1.14 bits per heavy atom. The molecule has 1 aromatic heterocycles. The van der Waals surface area contributed by atoms with E-state index in [-0.39, 0.29) is 11.8 Å². The third kappa shape index (κ3) is 3.70. The van der Waals surface area contributed by atoms with Crippen molar-refractivity contribution in [3.05, 3.63) is 65.5 Å². The Labute approximate surface area is 165 Å². The summed E-state index contributed by atoms with van der Waals surface area (Å²) < 4.78 is 5.48. The molecule has 1 aliphatic rings. The number of carbonyl (C=O) groups is 1. The van der Waals surface area contributed by atoms with Crippen LogP contribution in [0.2, 0.25) is 0 Å². The number of unbranched alkanes of at least 4 members (excludes halogenated alkanes) is 1. The van der Waals surface area contributed by atoms with Gasteiger partial charge in [0, 0.05) is 30.1 Å². The maximum atomic E-state index is 12.6. The highest BCUT2D eigenvalue weighted by Crippen LogP contribution is 2.32. The average Bonchev–Trinajstić information content (AvgIpc) is 3.34. The van der Waals surface area contributed by atoms with E-state index in [4.69, 9.17) is 4.52 Å². The maximum Gasteiger partial charge on any atom is 0.258 e. The normalized spacial score (nSPS) is 16.7. The van der Waals surface area contributed by atoms with Gasteiger partial charge in [-0.05, 0) is 49.1 Å². The summed E-state index contributed by atoms with van der Waals surface area (Å²) in [5.41, 5.74) is 4.28. The van der Waals surface area contributed by atoms with E-state index in [0.717, 1.165) is 23.2 Å². The molecule has 0 aliphatic carbocycles. The average molecular weight is 375 g/mol. The molecule has 0 N–H and O–H groups in total. The van der Waals surface area contributed by atoms with E-state index in [1.807, 2.05) is 48.2 Å². The van der Waals surface area contributed by atoms with Crippen LogP contribution >= 0.6 is 0 Å². The van der Waals surface area contributed by atoms with Gasteiger partial charge in [0.1, 0.15) is 0 Å². The van der Waals surface area contributed by atoms with Gasteiger partial charge in [0.2, 0.25) is 5.91 Å². The van der Waals surface area contributed by atoms with Crippen LogP contribution in [0.3, 0.4) is 0 Å². The van der Waals surface area contributed by atoms with Gasteiger partial charge in [-0.1, -0.05) is 48.8 Å². The molecule has 1 fully saturated rings. The first kappa shape index (κ1) is 18.4. The van der Waals surface area contributed by atoms with Gasteiger partial charge in [0.25, 0.3) is 5.89 Å². The molecule has 5 nitrogen and oxygen atoms in total. The molecule has 1 aliphatic heterocycles. The van der Waals surface area contributed by atoms with Crippen LogP contribution in [0.15, 0.2) is 53.1 Å². The van der Waals surface area contributed by atoms with Gasteiger partial charge in [-0.25, -0.2) is 0 Å². The third-order valence-corrected chi connectivity index (χ3v) is 5.37. The van der Waals surface area contributed by atoms with Gasteiger partial charge in [0.15, 0.2) is 5.82 Å². The summed E-state index contributed by atoms with van der Waals surface area (Å²) >= 11 is 0. The van der Waals surface area contributed by atoms with E-state index in [9.17, 15) is 4.79 Å². The van der Waals surface area contributed by atoms with Crippen molar-refractivity contribution in [3.63, 3.8) is 0 Å². The maximum absolute atomic E-state index is 12.6. The summed E-state index contributed by atoms with van der Waals surface area (Å²) in [5.74, 6) is 1.18. The van der Waals surface area contributed by atoms with E-state index < -0.39 is 0 Å². The van der Waals surface area contributed by atoms with Gasteiger partial charge in [-0.2, -0.15) is 4.98 Å². The highest BCUT2D eigenvalue weighted by atomic mass is 16.5. The Hall–Kier alpha value is -2.95. The van der Waals surface area contributed by atoms with Crippen molar-refractivity contribution in [2.24, 2.45) is 0 Å². The minimum Gasteiger partial charge on any atom is -0.334 e. The van der Waals surface area contributed by atoms with E-state index in [1.165, 1.54) is 18.4 Å². The Bertz CT molecular complexity index is 962. The highest BCUT2D eigenvalue weighted by molar-refractivity contribution is 5.96. The molecular formula is C23H25N3O2. The Kier molecular flexibility index (Phi) is 5.24. The summed E-state index contributed by atoms with van der Waals surface area (Å²) in [5, 5.41) is 4.16. The van der Waals surface area contributed by atoms with Crippen LogP contribution in [0.1, 0.15) is 49.1 Å². The summed E-state index contributed by atoms with van der Waals surface area (Å²) in [7, 11) is 0. The van der Waals surface area contributed by atoms with Gasteiger partial charge >= 0.3 is 0 Å². The zero-order valence-corrected chi connectivity index (χ0v) is 16.4. The summed E-state index contributed by atoms with van der Waals surface area (Å²) in [6.45, 7) is 4.80. The van der Waals surface area contributed by atoms with Crippen LogP contribution in [-0.4, -0.2) is 22.6 Å². The van der Waals surface area contributed by atoms with Crippen molar-refractivity contribution >= 4 is 11.6 Å². The molecular weight excluding hydrogens is 350 g/mol. The SMILES string of the molecule is CCCCc1ccc(N2CC(c3noc(-c4ccccc4C)n3)CC2=O)cc1. The molecule has 1 unspecified atom stereocenters. The van der Waals surface area contributed by atoms with Gasteiger partial charge in [0.05, 0.1) is 0 Å². The van der Waals surface area contributed by atoms with Crippen molar-refractivity contribution in [2.45, 2.75) is 45.4 Å².